The quantitative estimate of drug-likeness (QED) is 0.311. The number of carbonyl (C=O) groups is 1. The highest BCUT2D eigenvalue weighted by atomic mass is 32.1. The topological polar surface area (TPSA) is 158 Å². The van der Waals surface area contributed by atoms with Gasteiger partial charge in [0, 0.05) is 28.2 Å². The third-order valence-corrected chi connectivity index (χ3v) is 11.1. The summed E-state index contributed by atoms with van der Waals surface area (Å²) in [5.41, 5.74) is 16.0. The Labute approximate surface area is 260 Å². The number of rotatable bonds is 6. The van der Waals surface area contributed by atoms with E-state index in [4.69, 9.17) is 32.3 Å². The molecule has 7 rings (SSSR count). The number of hydrogen-bond donors (Lipinski definition) is 2. The van der Waals surface area contributed by atoms with Crippen molar-refractivity contribution in [3.8, 4) is 24.3 Å². The number of allylic oxidation sites excluding steroid dienone is 2. The highest BCUT2D eigenvalue weighted by Gasteiger charge is 2.46. The predicted molar refractivity (Wildman–Crippen MR) is 166 cm³/mol. The molecule has 2 fully saturated rings. The molecule has 0 amide bonds. The van der Waals surface area contributed by atoms with Crippen LogP contribution in [0.15, 0.2) is 17.6 Å². The number of likely N-dealkylation sites (N-methyl/N-ethyl adjacent to an activating group) is 1. The lowest BCUT2D eigenvalue weighted by Crippen LogP contribution is -2.41. The lowest BCUT2D eigenvalue weighted by molar-refractivity contribution is 0.101. The van der Waals surface area contributed by atoms with Gasteiger partial charge in [0.15, 0.2) is 17.3 Å². The summed E-state index contributed by atoms with van der Waals surface area (Å²) >= 11 is 1.46. The fraction of sp³-hybridized carbons (Fsp3) is 0.531. The third kappa shape index (κ3) is 4.47. The molecule has 0 bridgehead atoms. The summed E-state index contributed by atoms with van der Waals surface area (Å²) in [5, 5.41) is 10.5. The van der Waals surface area contributed by atoms with Gasteiger partial charge in [0.1, 0.15) is 11.1 Å². The molecule has 5 heterocycles. The molecule has 0 unspecified atom stereocenters. The molecule has 228 valence electrons. The molecule has 2 aliphatic carbocycles. The van der Waals surface area contributed by atoms with E-state index in [-0.39, 0.29) is 29.6 Å². The van der Waals surface area contributed by atoms with E-state index in [0.29, 0.717) is 52.6 Å². The van der Waals surface area contributed by atoms with Crippen LogP contribution >= 0.6 is 11.3 Å². The maximum atomic E-state index is 14.4. The zero-order chi connectivity index (χ0) is 30.6. The molecule has 4 atom stereocenters. The van der Waals surface area contributed by atoms with Gasteiger partial charge in [-0.15, -0.1) is 17.8 Å². The first-order chi connectivity index (χ1) is 21.4. The number of thiophene rings is 1. The van der Waals surface area contributed by atoms with Gasteiger partial charge in [-0.3, -0.25) is 9.69 Å². The number of anilines is 1. The minimum absolute atomic E-state index is 0.0000790. The molecule has 12 heteroatoms. The number of ether oxygens (including phenoxy) is 2. The van der Waals surface area contributed by atoms with Gasteiger partial charge in [-0.25, -0.2) is 9.97 Å². The van der Waals surface area contributed by atoms with Gasteiger partial charge in [0.05, 0.1) is 30.6 Å². The summed E-state index contributed by atoms with van der Waals surface area (Å²) in [6, 6.07) is 2.38. The highest BCUT2D eigenvalue weighted by Crippen LogP contribution is 2.53. The molecule has 0 saturated carbocycles. The number of aromatic nitrogens is 4. The molecule has 4 N–H and O–H groups in total. The Morgan fingerprint density at radius 3 is 2.77 bits per heavy atom. The monoisotopic (exact) mass is 612 g/mol. The van der Waals surface area contributed by atoms with E-state index in [1.165, 1.54) is 11.3 Å². The molecule has 2 saturated heterocycles. The Kier molecular flexibility index (Phi) is 7.32. The van der Waals surface area contributed by atoms with Crippen molar-refractivity contribution in [2.75, 3.05) is 32.5 Å². The minimum Gasteiger partial charge on any atom is -0.458 e. The number of nitrogens with zero attached hydrogens (tertiary/aromatic N) is 6. The number of likely N-dealkylation sites (tertiary alicyclic amines) is 1. The number of Topliss-reactive ketones (excluding diaryl/α,β-unsaturated/α-hetero) is 1. The third-order valence-electron chi connectivity index (χ3n) is 9.97. The second kappa shape index (κ2) is 11.2. The largest absolute Gasteiger partial charge is 0.458 e. The lowest BCUT2D eigenvalue weighted by Gasteiger charge is -2.42. The first-order valence-corrected chi connectivity index (χ1v) is 16.2. The van der Waals surface area contributed by atoms with E-state index in [9.17, 15) is 10.1 Å². The number of fused-ring (bicyclic) bond motifs is 3. The number of aryl methyl sites for hydroxylation is 1. The van der Waals surface area contributed by atoms with E-state index in [1.807, 2.05) is 11.6 Å². The van der Waals surface area contributed by atoms with Crippen molar-refractivity contribution in [2.45, 2.75) is 81.4 Å². The van der Waals surface area contributed by atoms with Crippen molar-refractivity contribution in [1.82, 2.24) is 24.4 Å². The second-order valence-corrected chi connectivity index (χ2v) is 13.5. The number of hydrogen-bond acceptors (Lipinski definition) is 11. The van der Waals surface area contributed by atoms with Crippen LogP contribution in [0, 0.1) is 23.7 Å². The Morgan fingerprint density at radius 1 is 1.25 bits per heavy atom. The molecule has 3 aromatic heterocycles. The molecule has 44 heavy (non-hydrogen) atoms. The van der Waals surface area contributed by atoms with E-state index < -0.39 is 11.5 Å². The standard InChI is InChI=1S/C32H36N8O3S/c1-3-22(21-8-6-13-39(21)2)43-31-25-30(40(17-36-25)18-10-14-42-16-18)37-29(38-31)26(41)19-7-4-11-32(27(19)34)12-5-9-23-24(32)20(15-33)28(35)44-23/h1,17-18,21-22H,4-14,16,34-35H2,2H3/t18-,21+,22+,32+/m1/s1. The van der Waals surface area contributed by atoms with Crippen LogP contribution in [0.4, 0.5) is 5.00 Å². The van der Waals surface area contributed by atoms with E-state index >= 15 is 0 Å². The van der Waals surface area contributed by atoms with Gasteiger partial charge >= 0.3 is 0 Å². The van der Waals surface area contributed by atoms with Crippen LogP contribution in [0.2, 0.25) is 0 Å². The highest BCUT2D eigenvalue weighted by molar-refractivity contribution is 7.16. The zero-order valence-corrected chi connectivity index (χ0v) is 25.7. The average Bonchev–Trinajstić information content (AvgIpc) is 3.83. The summed E-state index contributed by atoms with van der Waals surface area (Å²) in [5.74, 6) is 2.66. The van der Waals surface area contributed by atoms with Crippen molar-refractivity contribution in [2.24, 2.45) is 5.73 Å². The molecule has 0 aromatic carbocycles. The Bertz CT molecular complexity index is 1760. The summed E-state index contributed by atoms with van der Waals surface area (Å²) in [6.07, 6.45) is 14.4. The number of ketones is 1. The summed E-state index contributed by atoms with van der Waals surface area (Å²) in [7, 11) is 2.04. The fourth-order valence-electron chi connectivity index (χ4n) is 7.73. The van der Waals surface area contributed by atoms with Gasteiger partial charge in [-0.2, -0.15) is 10.2 Å². The Morgan fingerprint density at radius 2 is 2.07 bits per heavy atom. The molecule has 3 aromatic rings. The van der Waals surface area contributed by atoms with Crippen LogP contribution < -0.4 is 16.2 Å². The van der Waals surface area contributed by atoms with Crippen LogP contribution in [0.5, 0.6) is 5.88 Å². The van der Waals surface area contributed by atoms with Crippen molar-refractivity contribution in [3.05, 3.63) is 39.4 Å². The maximum absolute atomic E-state index is 14.4. The molecule has 0 radical (unpaired) electrons. The smallest absolute Gasteiger partial charge is 0.247 e. The lowest BCUT2D eigenvalue weighted by atomic mass is 9.62. The minimum atomic E-state index is -0.607. The number of nitriles is 1. The van der Waals surface area contributed by atoms with Gasteiger partial charge in [0.25, 0.3) is 0 Å². The van der Waals surface area contributed by atoms with Gasteiger partial charge in [0.2, 0.25) is 17.5 Å². The van der Waals surface area contributed by atoms with E-state index in [2.05, 4.69) is 26.9 Å². The van der Waals surface area contributed by atoms with Crippen LogP contribution in [-0.2, 0) is 16.6 Å². The Hall–Kier alpha value is -3.97. The van der Waals surface area contributed by atoms with E-state index in [1.54, 1.807) is 6.33 Å². The zero-order valence-electron chi connectivity index (χ0n) is 24.8. The van der Waals surface area contributed by atoms with Crippen LogP contribution in [0.3, 0.4) is 0 Å². The number of carbonyl (C=O) groups excluding carboxylic acids is 1. The van der Waals surface area contributed by atoms with Crippen LogP contribution in [0.1, 0.15) is 84.0 Å². The SMILES string of the molecule is C#C[C@H](Oc1nc(C(=O)C2=C(N)[C@@]3(CCC2)CCCc2sc(N)c(C#N)c23)nc2c1ncn2[C@@H]1CCOC1)[C@@H]1CCCN1C. The number of terminal acetylenes is 1. The van der Waals surface area contributed by atoms with Crippen molar-refractivity contribution < 1.29 is 14.3 Å². The van der Waals surface area contributed by atoms with Crippen molar-refractivity contribution in [3.63, 3.8) is 0 Å². The van der Waals surface area contributed by atoms with Gasteiger partial charge in [-0.1, -0.05) is 5.92 Å². The van der Waals surface area contributed by atoms with Crippen molar-refractivity contribution >= 4 is 33.3 Å². The molecular weight excluding hydrogens is 576 g/mol. The molecule has 1 spiro atoms. The fourth-order valence-corrected chi connectivity index (χ4v) is 8.89. The van der Waals surface area contributed by atoms with Crippen LogP contribution in [0.25, 0.3) is 11.2 Å². The van der Waals surface area contributed by atoms with Gasteiger partial charge < -0.3 is 25.5 Å². The molecule has 2 aliphatic heterocycles. The predicted octanol–water partition coefficient (Wildman–Crippen LogP) is 3.63. The van der Waals surface area contributed by atoms with E-state index in [0.717, 1.165) is 68.4 Å². The Balaban J connectivity index is 1.34. The number of nitrogen functional groups attached to an aromatic ring is 1. The molecule has 11 nitrogen and oxygen atoms in total. The summed E-state index contributed by atoms with van der Waals surface area (Å²) in [4.78, 5) is 31.8. The maximum Gasteiger partial charge on any atom is 0.247 e. The number of nitrogens with two attached hydrogens (primary N) is 2. The first kappa shape index (κ1) is 28.8. The van der Waals surface area contributed by atoms with Crippen LogP contribution in [-0.4, -0.2) is 69.2 Å². The van der Waals surface area contributed by atoms with Gasteiger partial charge in [-0.05, 0) is 76.9 Å². The number of imidazole rings is 1. The molecular formula is C32H36N8O3S. The normalized spacial score (nSPS) is 26.1. The first-order valence-electron chi connectivity index (χ1n) is 15.4. The summed E-state index contributed by atoms with van der Waals surface area (Å²) < 4.78 is 14.0. The molecule has 4 aliphatic rings. The second-order valence-electron chi connectivity index (χ2n) is 12.4. The summed E-state index contributed by atoms with van der Waals surface area (Å²) in [6.45, 7) is 2.11. The average molecular weight is 613 g/mol. The van der Waals surface area contributed by atoms with Crippen molar-refractivity contribution in [1.29, 1.82) is 5.26 Å².